The van der Waals surface area contributed by atoms with E-state index in [1.165, 1.54) is 0 Å². The SMILES string of the molecule is C/N=C(\C1=C(NC(=O)N[C@H](C(=O)N2CC[C@H](O)C2)C(C)(C)C)CCN(C)C1)c1ccccc1. The van der Waals surface area contributed by atoms with Gasteiger partial charge in [0.1, 0.15) is 6.04 Å². The van der Waals surface area contributed by atoms with E-state index in [0.717, 1.165) is 29.1 Å². The van der Waals surface area contributed by atoms with Crippen molar-refractivity contribution in [2.45, 2.75) is 45.8 Å². The molecule has 0 aliphatic carbocycles. The Kier molecular flexibility index (Phi) is 7.92. The quantitative estimate of drug-likeness (QED) is 0.592. The average molecular weight is 456 g/mol. The second-order valence-electron chi connectivity index (χ2n) is 10.0. The number of carbonyl (C=O) groups excluding carboxylic acids is 2. The number of likely N-dealkylation sites (N-methyl/N-ethyl adjacent to an activating group) is 1. The fourth-order valence-electron chi connectivity index (χ4n) is 4.37. The summed E-state index contributed by atoms with van der Waals surface area (Å²) in [4.78, 5) is 34.6. The van der Waals surface area contributed by atoms with Crippen molar-refractivity contribution < 1.29 is 14.7 Å². The number of benzene rings is 1. The Morgan fingerprint density at radius 3 is 2.45 bits per heavy atom. The van der Waals surface area contributed by atoms with Crippen molar-refractivity contribution in [3.8, 4) is 0 Å². The minimum atomic E-state index is -0.702. The molecule has 0 saturated carbocycles. The lowest BCUT2D eigenvalue weighted by Crippen LogP contribution is -2.56. The summed E-state index contributed by atoms with van der Waals surface area (Å²) in [6.45, 7) is 8.09. The van der Waals surface area contributed by atoms with E-state index in [4.69, 9.17) is 0 Å². The van der Waals surface area contributed by atoms with Gasteiger partial charge in [-0.25, -0.2) is 4.79 Å². The molecule has 0 radical (unpaired) electrons. The van der Waals surface area contributed by atoms with E-state index in [-0.39, 0.29) is 5.91 Å². The van der Waals surface area contributed by atoms with Crippen molar-refractivity contribution in [2.24, 2.45) is 10.4 Å². The molecule has 2 aliphatic rings. The third kappa shape index (κ3) is 6.21. The third-order valence-corrected chi connectivity index (χ3v) is 6.22. The maximum Gasteiger partial charge on any atom is 0.319 e. The van der Waals surface area contributed by atoms with Crippen molar-refractivity contribution in [1.29, 1.82) is 0 Å². The Bertz CT molecular complexity index is 920. The van der Waals surface area contributed by atoms with Crippen molar-refractivity contribution in [3.63, 3.8) is 0 Å². The largest absolute Gasteiger partial charge is 0.391 e. The van der Waals surface area contributed by atoms with E-state index in [1.807, 2.05) is 58.2 Å². The molecular formula is C25H37N5O3. The molecule has 1 saturated heterocycles. The number of hydrogen-bond acceptors (Lipinski definition) is 5. The fourth-order valence-corrected chi connectivity index (χ4v) is 4.37. The predicted molar refractivity (Wildman–Crippen MR) is 130 cm³/mol. The summed E-state index contributed by atoms with van der Waals surface area (Å²) in [5.74, 6) is -0.160. The summed E-state index contributed by atoms with van der Waals surface area (Å²) in [6.07, 6.45) is 0.745. The summed E-state index contributed by atoms with van der Waals surface area (Å²) < 4.78 is 0. The molecule has 0 unspecified atom stereocenters. The number of aliphatic hydroxyl groups is 1. The number of amides is 3. The summed E-state index contributed by atoms with van der Waals surface area (Å²) in [7, 11) is 3.81. The van der Waals surface area contributed by atoms with E-state index < -0.39 is 23.6 Å². The average Bonchev–Trinajstić information content (AvgIpc) is 3.20. The molecule has 0 spiro atoms. The fraction of sp³-hybridized carbons (Fsp3) is 0.560. The highest BCUT2D eigenvalue weighted by Gasteiger charge is 2.38. The minimum Gasteiger partial charge on any atom is -0.391 e. The third-order valence-electron chi connectivity index (χ3n) is 6.22. The number of aliphatic imine (C=N–C) groups is 1. The Morgan fingerprint density at radius 1 is 1.18 bits per heavy atom. The zero-order chi connectivity index (χ0) is 24.2. The number of rotatable bonds is 5. The lowest BCUT2D eigenvalue weighted by atomic mass is 9.86. The molecule has 8 heteroatoms. The molecule has 2 aliphatic heterocycles. The monoisotopic (exact) mass is 455 g/mol. The topological polar surface area (TPSA) is 97.3 Å². The number of likely N-dealkylation sites (tertiary alicyclic amines) is 1. The van der Waals surface area contributed by atoms with Gasteiger partial charge in [0.05, 0.1) is 11.8 Å². The molecule has 1 aromatic carbocycles. The molecular weight excluding hydrogens is 418 g/mol. The maximum absolute atomic E-state index is 13.1. The van der Waals surface area contributed by atoms with Crippen LogP contribution >= 0.6 is 0 Å². The van der Waals surface area contributed by atoms with E-state index >= 15 is 0 Å². The van der Waals surface area contributed by atoms with E-state index in [2.05, 4.69) is 20.5 Å². The van der Waals surface area contributed by atoms with Crippen LogP contribution in [0.1, 0.15) is 39.2 Å². The van der Waals surface area contributed by atoms with Crippen LogP contribution in [0.3, 0.4) is 0 Å². The summed E-state index contributed by atoms with van der Waals surface area (Å²) in [5, 5.41) is 15.8. The van der Waals surface area contributed by atoms with Gasteiger partial charge < -0.3 is 25.5 Å². The summed E-state index contributed by atoms with van der Waals surface area (Å²) in [5.41, 5.74) is 3.18. The van der Waals surface area contributed by atoms with Gasteiger partial charge in [-0.2, -0.15) is 0 Å². The van der Waals surface area contributed by atoms with Crippen molar-refractivity contribution >= 4 is 17.6 Å². The molecule has 33 heavy (non-hydrogen) atoms. The Hall–Kier alpha value is -2.71. The maximum atomic E-state index is 13.1. The second-order valence-corrected chi connectivity index (χ2v) is 10.0. The summed E-state index contributed by atoms with van der Waals surface area (Å²) in [6, 6.07) is 8.84. The molecule has 3 rings (SSSR count). The number of urea groups is 1. The van der Waals surface area contributed by atoms with Crippen molar-refractivity contribution in [3.05, 3.63) is 47.2 Å². The van der Waals surface area contributed by atoms with Gasteiger partial charge in [0.25, 0.3) is 0 Å². The predicted octanol–water partition coefficient (Wildman–Crippen LogP) is 2.00. The van der Waals surface area contributed by atoms with Gasteiger partial charge in [-0.1, -0.05) is 51.1 Å². The number of aliphatic hydroxyl groups excluding tert-OH is 1. The molecule has 1 fully saturated rings. The Balaban J connectivity index is 1.82. The molecule has 1 aromatic rings. The molecule has 0 bridgehead atoms. The van der Waals surface area contributed by atoms with Crippen LogP contribution in [0.5, 0.6) is 0 Å². The van der Waals surface area contributed by atoms with Crippen LogP contribution in [0.25, 0.3) is 0 Å². The Labute approximate surface area is 196 Å². The number of hydrogen-bond donors (Lipinski definition) is 3. The highest BCUT2D eigenvalue weighted by molar-refractivity contribution is 6.13. The van der Waals surface area contributed by atoms with Gasteiger partial charge in [0.2, 0.25) is 5.91 Å². The van der Waals surface area contributed by atoms with Crippen molar-refractivity contribution in [1.82, 2.24) is 20.4 Å². The summed E-state index contributed by atoms with van der Waals surface area (Å²) >= 11 is 0. The zero-order valence-corrected chi connectivity index (χ0v) is 20.4. The molecule has 0 aromatic heterocycles. The lowest BCUT2D eigenvalue weighted by molar-refractivity contribution is -0.135. The molecule has 2 heterocycles. The first-order valence-electron chi connectivity index (χ1n) is 11.6. The first-order chi connectivity index (χ1) is 15.6. The first kappa shape index (κ1) is 24.9. The Morgan fingerprint density at radius 2 is 1.88 bits per heavy atom. The van der Waals surface area contributed by atoms with Crippen LogP contribution in [-0.2, 0) is 4.79 Å². The standard InChI is InChI=1S/C25H37N5O3/c1-25(2,3)22(23(32)30-14-11-18(31)15-30)28-24(33)27-20-12-13-29(5)16-19(20)21(26-4)17-9-7-6-8-10-17/h6-10,18,22,31H,11-16H2,1-5H3,(H2,27,28,33)/b26-21-/t18-,22+/m0/s1. The first-order valence-corrected chi connectivity index (χ1v) is 11.6. The van der Waals surface area contributed by atoms with Crippen LogP contribution in [0.4, 0.5) is 4.79 Å². The van der Waals surface area contributed by atoms with Gasteiger partial charge in [-0.05, 0) is 18.9 Å². The van der Waals surface area contributed by atoms with Crippen molar-refractivity contribution in [2.75, 3.05) is 40.3 Å². The van der Waals surface area contributed by atoms with Gasteiger partial charge in [-0.3, -0.25) is 9.79 Å². The van der Waals surface area contributed by atoms with Crippen LogP contribution in [0, 0.1) is 5.41 Å². The van der Waals surface area contributed by atoms with Crippen LogP contribution in [-0.4, -0.2) is 85.0 Å². The number of nitrogens with zero attached hydrogens (tertiary/aromatic N) is 3. The molecule has 3 N–H and O–H groups in total. The zero-order valence-electron chi connectivity index (χ0n) is 20.4. The smallest absolute Gasteiger partial charge is 0.319 e. The molecule has 2 atom stereocenters. The van der Waals surface area contributed by atoms with Gasteiger partial charge in [0.15, 0.2) is 0 Å². The van der Waals surface area contributed by atoms with E-state index in [9.17, 15) is 14.7 Å². The number of carbonyl (C=O) groups is 2. The van der Waals surface area contributed by atoms with Crippen LogP contribution in [0.15, 0.2) is 46.6 Å². The van der Waals surface area contributed by atoms with Gasteiger partial charge >= 0.3 is 6.03 Å². The van der Waals surface area contributed by atoms with E-state index in [0.29, 0.717) is 32.5 Å². The lowest BCUT2D eigenvalue weighted by Gasteiger charge is -2.34. The van der Waals surface area contributed by atoms with Gasteiger partial charge in [-0.15, -0.1) is 0 Å². The highest BCUT2D eigenvalue weighted by atomic mass is 16.3. The van der Waals surface area contributed by atoms with Gasteiger partial charge in [0, 0.05) is 56.5 Å². The number of nitrogens with one attached hydrogen (secondary N) is 2. The molecule has 180 valence electrons. The van der Waals surface area contributed by atoms with Crippen LogP contribution in [0.2, 0.25) is 0 Å². The second kappa shape index (κ2) is 10.5. The molecule has 8 nitrogen and oxygen atoms in total. The highest BCUT2D eigenvalue weighted by Crippen LogP contribution is 2.24. The van der Waals surface area contributed by atoms with E-state index in [1.54, 1.807) is 11.9 Å². The minimum absolute atomic E-state index is 0.160. The van der Waals surface area contributed by atoms with Crippen LogP contribution < -0.4 is 10.6 Å². The molecule has 3 amide bonds. The number of β-amino-alcohol motifs (C(OH)–C–C–N with tert-alkyl or cyclic N) is 1. The normalized spacial score (nSPS) is 21.2.